The van der Waals surface area contributed by atoms with Crippen LogP contribution in [-0.4, -0.2) is 11.0 Å². The summed E-state index contributed by atoms with van der Waals surface area (Å²) in [4.78, 5) is 4.53. The van der Waals surface area contributed by atoms with Gasteiger partial charge < -0.3 is 10.5 Å². The van der Waals surface area contributed by atoms with Crippen molar-refractivity contribution in [3.63, 3.8) is 0 Å². The Labute approximate surface area is 138 Å². The molecule has 0 radical (unpaired) electrons. The van der Waals surface area contributed by atoms with Gasteiger partial charge in [-0.1, -0.05) is 26.0 Å². The van der Waals surface area contributed by atoms with Crippen LogP contribution in [0, 0.1) is 0 Å². The van der Waals surface area contributed by atoms with E-state index in [0.717, 1.165) is 45.7 Å². The summed E-state index contributed by atoms with van der Waals surface area (Å²) < 4.78 is 6.97. The molecule has 0 spiro atoms. The Morgan fingerprint density at radius 3 is 2.86 bits per heavy atom. The molecule has 0 aliphatic rings. The molecule has 0 saturated heterocycles. The predicted octanol–water partition coefficient (Wildman–Crippen LogP) is 4.33. The van der Waals surface area contributed by atoms with Crippen molar-refractivity contribution < 1.29 is 4.74 Å². The summed E-state index contributed by atoms with van der Waals surface area (Å²) in [6.07, 6.45) is 2.75. The fourth-order valence-corrected chi connectivity index (χ4v) is 3.28. The maximum Gasteiger partial charge on any atom is 0.137 e. The van der Waals surface area contributed by atoms with Crippen molar-refractivity contribution >= 4 is 27.3 Å². The van der Waals surface area contributed by atoms with Crippen LogP contribution in [0.4, 0.5) is 0 Å². The van der Waals surface area contributed by atoms with E-state index in [0.29, 0.717) is 6.61 Å². The van der Waals surface area contributed by atoms with Gasteiger partial charge in [0.2, 0.25) is 0 Å². The monoisotopic (exact) mass is 368 g/mol. The van der Waals surface area contributed by atoms with Crippen LogP contribution in [0.1, 0.15) is 36.5 Å². The second-order valence-corrected chi connectivity index (χ2v) is 6.77. The zero-order valence-electron chi connectivity index (χ0n) is 12.4. The standard InChI is InChI=1S/C16H21BrN2OS/c1-3-12(18)8-11-6-5-7-14(17)16(11)20-9-13-10-21-15(4-2)19-13/h5-7,10,12H,3-4,8-9,18H2,1-2H3. The van der Waals surface area contributed by atoms with E-state index in [9.17, 15) is 0 Å². The average molecular weight is 369 g/mol. The molecular formula is C16H21BrN2OS. The zero-order chi connectivity index (χ0) is 15.2. The molecule has 3 nitrogen and oxygen atoms in total. The normalized spacial score (nSPS) is 12.4. The second-order valence-electron chi connectivity index (χ2n) is 4.98. The van der Waals surface area contributed by atoms with Gasteiger partial charge >= 0.3 is 0 Å². The van der Waals surface area contributed by atoms with Gasteiger partial charge in [-0.2, -0.15) is 0 Å². The number of aryl methyl sites for hydroxylation is 1. The quantitative estimate of drug-likeness (QED) is 0.790. The van der Waals surface area contributed by atoms with Crippen LogP contribution in [-0.2, 0) is 19.4 Å². The molecule has 0 amide bonds. The number of nitrogens with zero attached hydrogens (tertiary/aromatic N) is 1. The van der Waals surface area contributed by atoms with E-state index in [1.165, 1.54) is 0 Å². The van der Waals surface area contributed by atoms with Gasteiger partial charge in [-0.15, -0.1) is 11.3 Å². The highest BCUT2D eigenvalue weighted by atomic mass is 79.9. The average Bonchev–Trinajstić information content (AvgIpc) is 2.94. The summed E-state index contributed by atoms with van der Waals surface area (Å²) in [6, 6.07) is 6.25. The van der Waals surface area contributed by atoms with E-state index in [2.05, 4.69) is 46.2 Å². The maximum atomic E-state index is 6.07. The molecule has 1 unspecified atom stereocenters. The van der Waals surface area contributed by atoms with Crippen molar-refractivity contribution in [1.82, 2.24) is 4.98 Å². The molecule has 0 aliphatic heterocycles. The molecule has 5 heteroatoms. The minimum atomic E-state index is 0.160. The number of aromatic nitrogens is 1. The lowest BCUT2D eigenvalue weighted by atomic mass is 10.0. The van der Waals surface area contributed by atoms with Crippen LogP contribution >= 0.6 is 27.3 Å². The number of hydrogen-bond donors (Lipinski definition) is 1. The lowest BCUT2D eigenvalue weighted by Gasteiger charge is -2.15. The first-order chi connectivity index (χ1) is 10.1. The Morgan fingerprint density at radius 2 is 2.19 bits per heavy atom. The van der Waals surface area contributed by atoms with E-state index < -0.39 is 0 Å². The topological polar surface area (TPSA) is 48.1 Å². The Morgan fingerprint density at radius 1 is 1.38 bits per heavy atom. The number of rotatable bonds is 7. The molecule has 0 aliphatic carbocycles. The van der Waals surface area contributed by atoms with Gasteiger partial charge in [-0.25, -0.2) is 4.98 Å². The number of thiazole rings is 1. The van der Waals surface area contributed by atoms with E-state index >= 15 is 0 Å². The fraction of sp³-hybridized carbons (Fsp3) is 0.438. The maximum absolute atomic E-state index is 6.07. The molecule has 1 aromatic heterocycles. The third kappa shape index (κ3) is 4.53. The van der Waals surface area contributed by atoms with E-state index in [1.54, 1.807) is 11.3 Å². The number of ether oxygens (including phenoxy) is 1. The number of hydrogen-bond acceptors (Lipinski definition) is 4. The van der Waals surface area contributed by atoms with Gasteiger partial charge in [0.25, 0.3) is 0 Å². The van der Waals surface area contributed by atoms with Crippen LogP contribution in [0.15, 0.2) is 28.1 Å². The Balaban J connectivity index is 2.10. The SMILES string of the molecule is CCc1nc(COc2c(Br)cccc2CC(N)CC)cs1. The third-order valence-electron chi connectivity index (χ3n) is 3.32. The van der Waals surface area contributed by atoms with Crippen molar-refractivity contribution in [2.24, 2.45) is 5.73 Å². The Bertz CT molecular complexity index is 585. The van der Waals surface area contributed by atoms with Gasteiger partial charge in [0.1, 0.15) is 12.4 Å². The van der Waals surface area contributed by atoms with Gasteiger partial charge in [0.15, 0.2) is 0 Å². The van der Waals surface area contributed by atoms with Gasteiger partial charge in [0.05, 0.1) is 15.2 Å². The minimum Gasteiger partial charge on any atom is -0.486 e. The highest BCUT2D eigenvalue weighted by Crippen LogP contribution is 2.31. The van der Waals surface area contributed by atoms with Crippen LogP contribution in [0.25, 0.3) is 0 Å². The lowest BCUT2D eigenvalue weighted by molar-refractivity contribution is 0.296. The summed E-state index contributed by atoms with van der Waals surface area (Å²) in [6.45, 7) is 4.71. The van der Waals surface area contributed by atoms with E-state index in [4.69, 9.17) is 10.5 Å². The first-order valence-corrected chi connectivity index (χ1v) is 8.90. The second kappa shape index (κ2) is 7.92. The molecule has 1 aromatic carbocycles. The van der Waals surface area contributed by atoms with Crippen molar-refractivity contribution in [3.8, 4) is 5.75 Å². The molecule has 21 heavy (non-hydrogen) atoms. The predicted molar refractivity (Wildman–Crippen MR) is 91.9 cm³/mol. The summed E-state index contributed by atoms with van der Waals surface area (Å²) in [5.41, 5.74) is 8.20. The smallest absolute Gasteiger partial charge is 0.137 e. The van der Waals surface area contributed by atoms with E-state index in [-0.39, 0.29) is 6.04 Å². The first-order valence-electron chi connectivity index (χ1n) is 7.23. The molecule has 0 saturated carbocycles. The van der Waals surface area contributed by atoms with Gasteiger partial charge in [-0.05, 0) is 46.8 Å². The Kier molecular flexibility index (Phi) is 6.21. The summed E-state index contributed by atoms with van der Waals surface area (Å²) in [7, 11) is 0. The molecule has 1 heterocycles. The van der Waals surface area contributed by atoms with E-state index in [1.807, 2.05) is 12.1 Å². The number of benzene rings is 1. The van der Waals surface area contributed by atoms with Crippen molar-refractivity contribution in [1.29, 1.82) is 0 Å². The number of para-hydroxylation sites is 1. The van der Waals surface area contributed by atoms with Crippen molar-refractivity contribution in [3.05, 3.63) is 44.3 Å². The van der Waals surface area contributed by atoms with Crippen LogP contribution in [0.3, 0.4) is 0 Å². The van der Waals surface area contributed by atoms with Crippen LogP contribution < -0.4 is 10.5 Å². The summed E-state index contributed by atoms with van der Waals surface area (Å²) in [5.74, 6) is 0.882. The molecule has 2 rings (SSSR count). The molecule has 0 fully saturated rings. The van der Waals surface area contributed by atoms with Crippen LogP contribution in [0.2, 0.25) is 0 Å². The third-order valence-corrected chi connectivity index (χ3v) is 4.99. The highest BCUT2D eigenvalue weighted by molar-refractivity contribution is 9.10. The first kappa shape index (κ1) is 16.5. The fourth-order valence-electron chi connectivity index (χ4n) is 2.03. The molecule has 2 aromatic rings. The Hall–Kier alpha value is -0.910. The molecule has 1 atom stereocenters. The summed E-state index contributed by atoms with van der Waals surface area (Å²) in [5, 5.41) is 3.21. The van der Waals surface area contributed by atoms with Crippen molar-refractivity contribution in [2.75, 3.05) is 0 Å². The number of nitrogens with two attached hydrogens (primary N) is 1. The molecular weight excluding hydrogens is 348 g/mol. The lowest BCUT2D eigenvalue weighted by Crippen LogP contribution is -2.21. The molecule has 0 bridgehead atoms. The summed E-state index contributed by atoms with van der Waals surface area (Å²) >= 11 is 5.25. The largest absolute Gasteiger partial charge is 0.486 e. The molecule has 114 valence electrons. The highest BCUT2D eigenvalue weighted by Gasteiger charge is 2.12. The van der Waals surface area contributed by atoms with Crippen molar-refractivity contribution in [2.45, 2.75) is 45.8 Å². The number of halogens is 1. The minimum absolute atomic E-state index is 0.160. The van der Waals surface area contributed by atoms with Gasteiger partial charge in [-0.3, -0.25) is 0 Å². The zero-order valence-corrected chi connectivity index (χ0v) is 14.8. The van der Waals surface area contributed by atoms with Crippen LogP contribution in [0.5, 0.6) is 5.75 Å². The van der Waals surface area contributed by atoms with Gasteiger partial charge in [0, 0.05) is 11.4 Å². The molecule has 2 N–H and O–H groups in total.